The highest BCUT2D eigenvalue weighted by Gasteiger charge is 2.30. The lowest BCUT2D eigenvalue weighted by molar-refractivity contribution is -0.137. The second-order valence-corrected chi connectivity index (χ2v) is 6.30. The Hall–Kier alpha value is -3.27. The van der Waals surface area contributed by atoms with Gasteiger partial charge in [-0.3, -0.25) is 4.79 Å². The molecular weight excluding hydrogens is 425 g/mol. The summed E-state index contributed by atoms with van der Waals surface area (Å²) in [6, 6.07) is 8.99. The lowest BCUT2D eigenvalue weighted by atomic mass is 10.3. The summed E-state index contributed by atoms with van der Waals surface area (Å²) < 4.78 is 49.6. The predicted octanol–water partition coefficient (Wildman–Crippen LogP) is 3.80. The molecule has 158 valence electrons. The second-order valence-electron chi connectivity index (χ2n) is 5.92. The smallest absolute Gasteiger partial charge is 0.417 e. The molecule has 7 nitrogen and oxygen atoms in total. The molecule has 0 spiro atoms. The van der Waals surface area contributed by atoms with Crippen molar-refractivity contribution in [3.63, 3.8) is 0 Å². The molecule has 2 aromatic heterocycles. The van der Waals surface area contributed by atoms with Crippen LogP contribution < -0.4 is 20.3 Å². The highest BCUT2D eigenvalue weighted by atomic mass is 35.5. The fourth-order valence-corrected chi connectivity index (χ4v) is 2.68. The number of alkyl halides is 3. The summed E-state index contributed by atoms with van der Waals surface area (Å²) in [6.45, 7) is 0.557. The first-order valence-corrected chi connectivity index (χ1v) is 9.00. The fraction of sp³-hybridized carbons (Fsp3) is 0.211. The van der Waals surface area contributed by atoms with Gasteiger partial charge < -0.3 is 14.8 Å². The molecule has 11 heteroatoms. The number of nitrogens with one attached hydrogen (secondary N) is 1. The molecule has 0 saturated carbocycles. The number of hydrogen-bond donors (Lipinski definition) is 1. The second kappa shape index (κ2) is 9.04. The van der Waals surface area contributed by atoms with Crippen LogP contribution in [0.5, 0.6) is 11.5 Å². The molecule has 0 atom stereocenters. The molecule has 1 aromatic carbocycles. The van der Waals surface area contributed by atoms with Crippen LogP contribution in [0.2, 0.25) is 5.02 Å². The Kier molecular flexibility index (Phi) is 6.46. The summed E-state index contributed by atoms with van der Waals surface area (Å²) in [5, 5.41) is 6.67. The number of anilines is 1. The Labute approximate surface area is 174 Å². The lowest BCUT2D eigenvalue weighted by Gasteiger charge is -2.12. The van der Waals surface area contributed by atoms with Crippen LogP contribution in [0.3, 0.4) is 0 Å². The number of methoxy groups -OCH3 is 1. The molecular formula is C19H16ClF3N4O3. The Morgan fingerprint density at radius 2 is 1.87 bits per heavy atom. The topological polar surface area (TPSA) is 78.3 Å². The largest absolute Gasteiger partial charge is 0.493 e. The lowest BCUT2D eigenvalue weighted by Crippen LogP contribution is -2.24. The molecule has 30 heavy (non-hydrogen) atoms. The molecule has 0 aliphatic carbocycles. The third-order valence-corrected chi connectivity index (χ3v) is 4.32. The minimum absolute atomic E-state index is 0.0824. The number of benzene rings is 1. The van der Waals surface area contributed by atoms with Gasteiger partial charge >= 0.3 is 6.18 Å². The summed E-state index contributed by atoms with van der Waals surface area (Å²) in [5.74, 6) is 1.07. The maximum atomic E-state index is 12.6. The Balaban J connectivity index is 1.67. The number of aromatic nitrogens is 3. The number of halogens is 4. The Morgan fingerprint density at radius 1 is 1.13 bits per heavy atom. The zero-order valence-electron chi connectivity index (χ0n) is 15.6. The fourth-order valence-electron chi connectivity index (χ4n) is 2.48. The Morgan fingerprint density at radius 3 is 2.50 bits per heavy atom. The normalized spacial score (nSPS) is 11.2. The van der Waals surface area contributed by atoms with Gasteiger partial charge in [-0.15, -0.1) is 0 Å². The molecule has 0 unspecified atom stereocenters. The zero-order chi connectivity index (χ0) is 21.7. The predicted molar refractivity (Wildman–Crippen MR) is 105 cm³/mol. The van der Waals surface area contributed by atoms with E-state index in [1.54, 1.807) is 18.2 Å². The summed E-state index contributed by atoms with van der Waals surface area (Å²) in [4.78, 5) is 16.1. The van der Waals surface area contributed by atoms with Crippen LogP contribution >= 0.6 is 11.6 Å². The van der Waals surface area contributed by atoms with Crippen LogP contribution in [0.1, 0.15) is 5.56 Å². The van der Waals surface area contributed by atoms with Gasteiger partial charge in [0.1, 0.15) is 11.6 Å². The van der Waals surface area contributed by atoms with Gasteiger partial charge in [-0.2, -0.15) is 23.0 Å². The summed E-state index contributed by atoms with van der Waals surface area (Å²) in [7, 11) is 1.53. The number of hydrogen-bond acceptors (Lipinski definition) is 6. The molecule has 0 radical (unpaired) electrons. The first-order chi connectivity index (χ1) is 14.3. The van der Waals surface area contributed by atoms with E-state index in [4.69, 9.17) is 21.1 Å². The minimum Gasteiger partial charge on any atom is -0.493 e. The van der Waals surface area contributed by atoms with E-state index in [2.05, 4.69) is 15.4 Å². The van der Waals surface area contributed by atoms with E-state index in [9.17, 15) is 18.0 Å². The molecule has 0 aliphatic rings. The molecule has 2 heterocycles. The monoisotopic (exact) mass is 440 g/mol. The van der Waals surface area contributed by atoms with E-state index in [0.29, 0.717) is 24.2 Å². The summed E-state index contributed by atoms with van der Waals surface area (Å²) in [6.07, 6.45) is -2.62. The average molecular weight is 441 g/mol. The SMILES string of the molecule is COc1ccccc1OCCNc1cnn(-c2ccc(C(F)(F)F)cn2)c(=O)c1Cl. The van der Waals surface area contributed by atoms with Gasteiger partial charge in [0.05, 0.1) is 24.6 Å². The molecule has 0 bridgehead atoms. The van der Waals surface area contributed by atoms with E-state index in [1.807, 2.05) is 6.07 Å². The van der Waals surface area contributed by atoms with Gasteiger partial charge in [-0.05, 0) is 24.3 Å². The number of ether oxygens (including phenoxy) is 2. The first kappa shape index (κ1) is 21.4. The van der Waals surface area contributed by atoms with E-state index in [1.165, 1.54) is 13.3 Å². The highest BCUT2D eigenvalue weighted by molar-refractivity contribution is 6.32. The maximum absolute atomic E-state index is 12.6. The van der Waals surface area contributed by atoms with Crippen molar-refractivity contribution in [3.05, 3.63) is 69.7 Å². The minimum atomic E-state index is -4.53. The van der Waals surface area contributed by atoms with Crippen LogP contribution in [-0.4, -0.2) is 35.0 Å². The molecule has 3 rings (SSSR count). The van der Waals surface area contributed by atoms with E-state index < -0.39 is 17.3 Å². The van der Waals surface area contributed by atoms with Crippen molar-refractivity contribution < 1.29 is 22.6 Å². The number of nitrogens with zero attached hydrogens (tertiary/aromatic N) is 3. The Bertz CT molecular complexity index is 1070. The van der Waals surface area contributed by atoms with Crippen molar-refractivity contribution in [2.45, 2.75) is 6.18 Å². The van der Waals surface area contributed by atoms with Gasteiger partial charge in [-0.25, -0.2) is 4.98 Å². The van der Waals surface area contributed by atoms with E-state index in [-0.39, 0.29) is 23.1 Å². The van der Waals surface area contributed by atoms with Crippen molar-refractivity contribution in [1.29, 1.82) is 0 Å². The molecule has 0 aliphatic heterocycles. The molecule has 0 fully saturated rings. The average Bonchev–Trinajstić information content (AvgIpc) is 2.74. The van der Waals surface area contributed by atoms with Crippen LogP contribution in [0, 0.1) is 0 Å². The molecule has 3 aromatic rings. The van der Waals surface area contributed by atoms with Gasteiger partial charge in [0.15, 0.2) is 17.3 Å². The standard InChI is InChI=1S/C19H16ClF3N4O3/c1-29-14-4-2-3-5-15(14)30-9-8-24-13-11-26-27(18(28)17(13)20)16-7-6-12(10-25-16)19(21,22)23/h2-7,10-11,24H,8-9H2,1H3. The zero-order valence-corrected chi connectivity index (χ0v) is 16.4. The first-order valence-electron chi connectivity index (χ1n) is 8.62. The molecule has 0 saturated heterocycles. The molecule has 1 N–H and O–H groups in total. The van der Waals surface area contributed by atoms with Gasteiger partial charge in [0.2, 0.25) is 0 Å². The van der Waals surface area contributed by atoms with Crippen molar-refractivity contribution in [2.75, 3.05) is 25.6 Å². The quantitative estimate of drug-likeness (QED) is 0.563. The van der Waals surface area contributed by atoms with Crippen LogP contribution in [-0.2, 0) is 6.18 Å². The third kappa shape index (κ3) is 4.82. The maximum Gasteiger partial charge on any atom is 0.417 e. The molecule has 0 amide bonds. The number of rotatable bonds is 7. The van der Waals surface area contributed by atoms with E-state index >= 15 is 0 Å². The van der Waals surface area contributed by atoms with Crippen LogP contribution in [0.25, 0.3) is 5.82 Å². The number of para-hydroxylation sites is 2. The summed E-state index contributed by atoms with van der Waals surface area (Å²) in [5.41, 5.74) is -1.40. The van der Waals surface area contributed by atoms with Crippen molar-refractivity contribution in [3.8, 4) is 17.3 Å². The number of pyridine rings is 1. The van der Waals surface area contributed by atoms with Crippen molar-refractivity contribution >= 4 is 17.3 Å². The van der Waals surface area contributed by atoms with Crippen molar-refractivity contribution in [2.24, 2.45) is 0 Å². The van der Waals surface area contributed by atoms with E-state index in [0.717, 1.165) is 16.8 Å². The van der Waals surface area contributed by atoms with Gasteiger partial charge in [0, 0.05) is 12.7 Å². The van der Waals surface area contributed by atoms with Crippen LogP contribution in [0.15, 0.2) is 53.6 Å². The van der Waals surface area contributed by atoms with Gasteiger partial charge in [0.25, 0.3) is 5.56 Å². The summed E-state index contributed by atoms with van der Waals surface area (Å²) >= 11 is 6.09. The van der Waals surface area contributed by atoms with Gasteiger partial charge in [-0.1, -0.05) is 23.7 Å². The van der Waals surface area contributed by atoms with Crippen molar-refractivity contribution in [1.82, 2.24) is 14.8 Å². The highest BCUT2D eigenvalue weighted by Crippen LogP contribution is 2.29. The third-order valence-electron chi connectivity index (χ3n) is 3.96. The van der Waals surface area contributed by atoms with Crippen LogP contribution in [0.4, 0.5) is 18.9 Å².